The Morgan fingerprint density at radius 1 is 0.763 bits per heavy atom. The fourth-order valence-electron chi connectivity index (χ4n) is 4.91. The van der Waals surface area contributed by atoms with Crippen molar-refractivity contribution in [3.05, 3.63) is 132 Å². The zero-order valence-corrected chi connectivity index (χ0v) is 21.8. The molecular weight excluding hydrogens is 472 g/mol. The Hall–Kier alpha value is -4.51. The number of para-hydroxylation sites is 1. The first kappa shape index (κ1) is 25.2. The first-order valence-corrected chi connectivity index (χ1v) is 12.8. The average molecular weight is 505 g/mol. The third-order valence-electron chi connectivity index (χ3n) is 6.95. The van der Waals surface area contributed by atoms with Gasteiger partial charge in [0.05, 0.1) is 14.2 Å². The molecule has 38 heavy (non-hydrogen) atoms. The van der Waals surface area contributed by atoms with E-state index < -0.39 is 0 Å². The van der Waals surface area contributed by atoms with Crippen molar-refractivity contribution in [2.75, 3.05) is 14.2 Å². The molecule has 1 amide bonds. The molecule has 4 aromatic carbocycles. The molecule has 0 aliphatic carbocycles. The number of methoxy groups -OCH3 is 2. The molecule has 1 atom stereocenters. The number of fused-ring (bicyclic) bond motifs is 1. The predicted octanol–water partition coefficient (Wildman–Crippen LogP) is 6.55. The van der Waals surface area contributed by atoms with Crippen molar-refractivity contribution < 1.29 is 14.3 Å². The molecule has 1 heterocycles. The van der Waals surface area contributed by atoms with Gasteiger partial charge in [0, 0.05) is 42.5 Å². The Morgan fingerprint density at radius 2 is 1.39 bits per heavy atom. The summed E-state index contributed by atoms with van der Waals surface area (Å²) in [5, 5.41) is 4.27. The molecule has 192 valence electrons. The third-order valence-corrected chi connectivity index (χ3v) is 6.95. The van der Waals surface area contributed by atoms with Crippen molar-refractivity contribution >= 4 is 16.8 Å². The molecule has 0 radical (unpaired) electrons. The number of carbonyl (C=O) groups is 1. The van der Waals surface area contributed by atoms with Gasteiger partial charge in [-0.1, -0.05) is 72.8 Å². The van der Waals surface area contributed by atoms with Gasteiger partial charge in [0.2, 0.25) is 5.91 Å². The van der Waals surface area contributed by atoms with Gasteiger partial charge in [0.1, 0.15) is 11.5 Å². The van der Waals surface area contributed by atoms with Crippen molar-refractivity contribution in [2.45, 2.75) is 25.4 Å². The van der Waals surface area contributed by atoms with Crippen LogP contribution in [0.15, 0.2) is 109 Å². The van der Waals surface area contributed by atoms with E-state index in [2.05, 4.69) is 64.6 Å². The van der Waals surface area contributed by atoms with Gasteiger partial charge in [-0.05, 0) is 52.6 Å². The Morgan fingerprint density at radius 3 is 2.08 bits per heavy atom. The van der Waals surface area contributed by atoms with Crippen LogP contribution in [0.4, 0.5) is 0 Å². The van der Waals surface area contributed by atoms with E-state index in [9.17, 15) is 4.79 Å². The number of aromatic nitrogens is 1. The third kappa shape index (κ3) is 5.73. The minimum absolute atomic E-state index is 0.0154. The summed E-state index contributed by atoms with van der Waals surface area (Å²) in [5.74, 6) is 1.54. The van der Waals surface area contributed by atoms with Gasteiger partial charge >= 0.3 is 0 Å². The van der Waals surface area contributed by atoms with Crippen LogP contribution in [0.3, 0.4) is 0 Å². The van der Waals surface area contributed by atoms with Crippen molar-refractivity contribution in [1.82, 2.24) is 9.88 Å². The maximum atomic E-state index is 13.2. The predicted molar refractivity (Wildman–Crippen MR) is 152 cm³/mol. The van der Waals surface area contributed by atoms with E-state index in [0.717, 1.165) is 45.6 Å². The Labute approximate surface area is 223 Å². The van der Waals surface area contributed by atoms with Gasteiger partial charge in [-0.3, -0.25) is 4.79 Å². The molecule has 0 saturated carbocycles. The van der Waals surface area contributed by atoms with Gasteiger partial charge in [-0.25, -0.2) is 0 Å². The normalized spacial score (nSPS) is 11.7. The summed E-state index contributed by atoms with van der Waals surface area (Å²) < 4.78 is 13.0. The van der Waals surface area contributed by atoms with Gasteiger partial charge in [-0.15, -0.1) is 0 Å². The Balaban J connectivity index is 1.48. The first-order chi connectivity index (χ1) is 18.6. The molecule has 0 bridgehead atoms. The van der Waals surface area contributed by atoms with Crippen LogP contribution >= 0.6 is 0 Å². The topological polar surface area (TPSA) is 52.5 Å². The highest BCUT2D eigenvalue weighted by atomic mass is 16.5. The fourth-order valence-corrected chi connectivity index (χ4v) is 4.91. The van der Waals surface area contributed by atoms with Crippen molar-refractivity contribution in [3.8, 4) is 11.5 Å². The molecule has 1 aromatic heterocycles. The molecular formula is C33H32N2O3. The number of nitrogens with one attached hydrogen (secondary N) is 1. The Bertz CT molecular complexity index is 1490. The first-order valence-electron chi connectivity index (χ1n) is 12.8. The van der Waals surface area contributed by atoms with Crippen LogP contribution in [-0.4, -0.2) is 24.7 Å². The second kappa shape index (κ2) is 11.7. The minimum atomic E-state index is -0.112. The van der Waals surface area contributed by atoms with Crippen molar-refractivity contribution in [3.63, 3.8) is 0 Å². The zero-order chi connectivity index (χ0) is 26.3. The number of benzene rings is 4. The van der Waals surface area contributed by atoms with E-state index in [4.69, 9.17) is 9.47 Å². The minimum Gasteiger partial charge on any atom is -0.497 e. The highest BCUT2D eigenvalue weighted by molar-refractivity contribution is 5.87. The second-order valence-corrected chi connectivity index (χ2v) is 9.37. The van der Waals surface area contributed by atoms with E-state index in [0.29, 0.717) is 13.0 Å². The van der Waals surface area contributed by atoms with Crippen LogP contribution in [0.5, 0.6) is 11.5 Å². The highest BCUT2D eigenvalue weighted by Crippen LogP contribution is 2.36. The van der Waals surface area contributed by atoms with Gasteiger partial charge < -0.3 is 19.4 Å². The van der Waals surface area contributed by atoms with E-state index in [1.54, 1.807) is 14.2 Å². The van der Waals surface area contributed by atoms with E-state index in [1.807, 2.05) is 54.6 Å². The van der Waals surface area contributed by atoms with Crippen LogP contribution < -0.4 is 14.8 Å². The lowest BCUT2D eigenvalue weighted by Gasteiger charge is -2.18. The standard InChI is InChI=1S/C33H32N2O3/c1-37-27-16-12-25(13-17-27)22-35-23-31(29-10-6-7-11-32(29)35)30(26-14-18-28(38-2)19-15-26)20-33(36)34-21-24-8-4-3-5-9-24/h3-19,23,30H,20-22H2,1-2H3,(H,34,36). The molecule has 0 saturated heterocycles. The van der Waals surface area contributed by atoms with Crippen LogP contribution in [-0.2, 0) is 17.9 Å². The van der Waals surface area contributed by atoms with Gasteiger partial charge in [0.25, 0.3) is 0 Å². The van der Waals surface area contributed by atoms with Crippen molar-refractivity contribution in [1.29, 1.82) is 0 Å². The largest absolute Gasteiger partial charge is 0.497 e. The number of ether oxygens (including phenoxy) is 2. The second-order valence-electron chi connectivity index (χ2n) is 9.37. The van der Waals surface area contributed by atoms with E-state index >= 15 is 0 Å². The summed E-state index contributed by atoms with van der Waals surface area (Å²) in [6.45, 7) is 1.23. The number of amides is 1. The number of hydrogen-bond acceptors (Lipinski definition) is 3. The molecule has 5 aromatic rings. The number of nitrogens with zero attached hydrogens (tertiary/aromatic N) is 1. The zero-order valence-electron chi connectivity index (χ0n) is 21.8. The number of hydrogen-bond donors (Lipinski definition) is 1. The SMILES string of the molecule is COc1ccc(Cn2cc(C(CC(=O)NCc3ccccc3)c3ccc(OC)cc3)c3ccccc32)cc1. The molecule has 0 aliphatic heterocycles. The van der Waals surface area contributed by atoms with Crippen LogP contribution in [0, 0.1) is 0 Å². The number of rotatable bonds is 10. The van der Waals surface area contributed by atoms with Gasteiger partial charge in [0.15, 0.2) is 0 Å². The lowest BCUT2D eigenvalue weighted by molar-refractivity contribution is -0.121. The van der Waals surface area contributed by atoms with E-state index in [-0.39, 0.29) is 11.8 Å². The fraction of sp³-hybridized carbons (Fsp3) is 0.182. The summed E-state index contributed by atoms with van der Waals surface area (Å²) in [4.78, 5) is 13.2. The molecule has 0 aliphatic rings. The number of carbonyl (C=O) groups excluding carboxylic acids is 1. The molecule has 5 nitrogen and oxygen atoms in total. The summed E-state index contributed by atoms with van der Waals surface area (Å²) in [7, 11) is 3.34. The summed E-state index contributed by atoms with van der Waals surface area (Å²) in [5.41, 5.74) is 5.61. The molecule has 5 heteroatoms. The van der Waals surface area contributed by atoms with Crippen LogP contribution in [0.2, 0.25) is 0 Å². The maximum Gasteiger partial charge on any atom is 0.221 e. The monoisotopic (exact) mass is 504 g/mol. The summed E-state index contributed by atoms with van der Waals surface area (Å²) >= 11 is 0. The molecule has 1 unspecified atom stereocenters. The highest BCUT2D eigenvalue weighted by Gasteiger charge is 2.23. The quantitative estimate of drug-likeness (QED) is 0.235. The lowest BCUT2D eigenvalue weighted by Crippen LogP contribution is -2.25. The maximum absolute atomic E-state index is 13.2. The summed E-state index contributed by atoms with van der Waals surface area (Å²) in [6.07, 6.45) is 2.55. The average Bonchev–Trinajstić information content (AvgIpc) is 3.34. The van der Waals surface area contributed by atoms with Crippen LogP contribution in [0.1, 0.15) is 34.6 Å². The van der Waals surface area contributed by atoms with Crippen molar-refractivity contribution in [2.24, 2.45) is 0 Å². The molecule has 5 rings (SSSR count). The molecule has 0 fully saturated rings. The smallest absolute Gasteiger partial charge is 0.221 e. The lowest BCUT2D eigenvalue weighted by atomic mass is 9.88. The van der Waals surface area contributed by atoms with E-state index in [1.165, 1.54) is 5.56 Å². The van der Waals surface area contributed by atoms with Crippen LogP contribution in [0.25, 0.3) is 10.9 Å². The van der Waals surface area contributed by atoms with Gasteiger partial charge in [-0.2, -0.15) is 0 Å². The summed E-state index contributed by atoms with van der Waals surface area (Å²) in [6, 6.07) is 34.6. The molecule has 0 spiro atoms. The molecule has 1 N–H and O–H groups in total. The Kier molecular flexibility index (Phi) is 7.74.